The molecule has 1 nitrogen and oxygen atoms in total. The number of allylic oxidation sites excluding steroid dienone is 8. The van der Waals surface area contributed by atoms with E-state index in [1.54, 1.807) is 0 Å². The third-order valence-corrected chi connectivity index (χ3v) is 4.87. The number of hydrogen-bond donors (Lipinski definition) is 0. The van der Waals surface area contributed by atoms with Gasteiger partial charge in [-0.05, 0) is 67.2 Å². The van der Waals surface area contributed by atoms with Crippen LogP contribution >= 0.6 is 0 Å². The van der Waals surface area contributed by atoms with Gasteiger partial charge in [0.25, 0.3) is 0 Å². The number of para-hydroxylation sites is 2. The van der Waals surface area contributed by atoms with Gasteiger partial charge in [-0.25, -0.2) is 0 Å². The molecule has 0 spiro atoms. The highest BCUT2D eigenvalue weighted by molar-refractivity contribution is 5.69. The lowest BCUT2D eigenvalue weighted by atomic mass is 9.90. The first kappa shape index (κ1) is 15.7. The van der Waals surface area contributed by atoms with Gasteiger partial charge < -0.3 is 4.90 Å². The minimum atomic E-state index is 1.07. The van der Waals surface area contributed by atoms with Crippen molar-refractivity contribution in [2.45, 2.75) is 25.7 Å². The van der Waals surface area contributed by atoms with E-state index in [4.69, 9.17) is 0 Å². The lowest BCUT2D eigenvalue weighted by Crippen LogP contribution is -2.18. The molecule has 0 heterocycles. The maximum atomic E-state index is 2.38. The third-order valence-electron chi connectivity index (χ3n) is 4.87. The van der Waals surface area contributed by atoms with Crippen molar-refractivity contribution in [3.8, 4) is 0 Å². The van der Waals surface area contributed by atoms with Crippen LogP contribution < -0.4 is 4.90 Å². The van der Waals surface area contributed by atoms with Gasteiger partial charge in [-0.1, -0.05) is 60.7 Å². The van der Waals surface area contributed by atoms with Crippen molar-refractivity contribution in [1.82, 2.24) is 0 Å². The number of benzene rings is 2. The number of nitrogens with zero attached hydrogens (tertiary/aromatic N) is 1. The Labute approximate surface area is 150 Å². The normalized spacial score (nSPS) is 16.7. The van der Waals surface area contributed by atoms with E-state index in [1.165, 1.54) is 41.1 Å². The Morgan fingerprint density at radius 3 is 1.76 bits per heavy atom. The fourth-order valence-corrected chi connectivity index (χ4v) is 3.59. The molecule has 0 saturated heterocycles. The van der Waals surface area contributed by atoms with Gasteiger partial charge in [0.15, 0.2) is 0 Å². The molecule has 0 saturated carbocycles. The maximum Gasteiger partial charge on any atom is 0.0458 e. The summed E-state index contributed by atoms with van der Waals surface area (Å²) >= 11 is 0. The highest BCUT2D eigenvalue weighted by atomic mass is 15.1. The summed E-state index contributed by atoms with van der Waals surface area (Å²) in [5, 5.41) is 0. The summed E-state index contributed by atoms with van der Waals surface area (Å²) in [5.41, 5.74) is 6.79. The molecular weight excluding hydrogens is 302 g/mol. The topological polar surface area (TPSA) is 3.24 Å². The van der Waals surface area contributed by atoms with Gasteiger partial charge in [-0.3, -0.25) is 0 Å². The van der Waals surface area contributed by atoms with Crippen LogP contribution in [-0.4, -0.2) is 0 Å². The Morgan fingerprint density at radius 2 is 1.24 bits per heavy atom. The molecule has 0 N–H and O–H groups in total. The maximum absolute atomic E-state index is 2.38. The fraction of sp³-hybridized carbons (Fsp3) is 0.167. The van der Waals surface area contributed by atoms with Gasteiger partial charge in [0.05, 0.1) is 0 Å². The minimum Gasteiger partial charge on any atom is -0.314 e. The monoisotopic (exact) mass is 325 g/mol. The van der Waals surface area contributed by atoms with Gasteiger partial charge in [-0.15, -0.1) is 0 Å². The molecule has 0 bridgehead atoms. The van der Waals surface area contributed by atoms with Crippen molar-refractivity contribution < 1.29 is 0 Å². The number of hydrogen-bond acceptors (Lipinski definition) is 1. The van der Waals surface area contributed by atoms with Crippen molar-refractivity contribution in [1.29, 1.82) is 0 Å². The molecule has 2 aromatic rings. The second-order valence-corrected chi connectivity index (χ2v) is 6.52. The predicted octanol–water partition coefficient (Wildman–Crippen LogP) is 6.71. The number of rotatable bonds is 4. The molecule has 2 aliphatic carbocycles. The van der Waals surface area contributed by atoms with Gasteiger partial charge in [0.2, 0.25) is 0 Å². The van der Waals surface area contributed by atoms with E-state index in [2.05, 4.69) is 95.9 Å². The Kier molecular flexibility index (Phi) is 4.65. The van der Waals surface area contributed by atoms with Crippen molar-refractivity contribution in [2.75, 3.05) is 4.90 Å². The standard InChI is InChI=1S/C24H23N/c1-4-10-20(11-5-1)21-16-18-24(19-17-21)25(22-12-6-2-7-13-22)23-14-8-3-9-15-23/h1-4,6-10,12-16,18H,5,11,17,19H2. The van der Waals surface area contributed by atoms with E-state index < -0.39 is 0 Å². The summed E-state index contributed by atoms with van der Waals surface area (Å²) in [6.07, 6.45) is 15.9. The quantitative estimate of drug-likeness (QED) is 0.604. The molecule has 0 aliphatic heterocycles. The van der Waals surface area contributed by atoms with Crippen LogP contribution in [0, 0.1) is 0 Å². The molecule has 0 radical (unpaired) electrons. The summed E-state index contributed by atoms with van der Waals surface area (Å²) in [6.45, 7) is 0. The second kappa shape index (κ2) is 7.40. The average Bonchev–Trinajstić information content (AvgIpc) is 2.71. The Morgan fingerprint density at radius 1 is 0.600 bits per heavy atom. The minimum absolute atomic E-state index is 1.07. The molecule has 4 rings (SSSR count). The lowest BCUT2D eigenvalue weighted by Gasteiger charge is -2.30. The third kappa shape index (κ3) is 3.51. The van der Waals surface area contributed by atoms with Gasteiger partial charge in [-0.2, -0.15) is 0 Å². The Hall–Kier alpha value is -2.80. The summed E-state index contributed by atoms with van der Waals surface area (Å²) in [5.74, 6) is 0. The molecule has 0 atom stereocenters. The molecule has 0 aromatic heterocycles. The van der Waals surface area contributed by atoms with E-state index in [0.29, 0.717) is 0 Å². The second-order valence-electron chi connectivity index (χ2n) is 6.52. The summed E-state index contributed by atoms with van der Waals surface area (Å²) in [7, 11) is 0. The van der Waals surface area contributed by atoms with Gasteiger partial charge in [0, 0.05) is 17.1 Å². The summed E-state index contributed by atoms with van der Waals surface area (Å²) in [4.78, 5) is 2.38. The smallest absolute Gasteiger partial charge is 0.0458 e. The fourth-order valence-electron chi connectivity index (χ4n) is 3.59. The Balaban J connectivity index is 1.69. The first-order valence-electron chi connectivity index (χ1n) is 9.08. The van der Waals surface area contributed by atoms with Crippen molar-refractivity contribution in [2.24, 2.45) is 0 Å². The lowest BCUT2D eigenvalue weighted by molar-refractivity contribution is 0.851. The molecule has 25 heavy (non-hydrogen) atoms. The van der Waals surface area contributed by atoms with E-state index in [-0.39, 0.29) is 0 Å². The predicted molar refractivity (Wildman–Crippen MR) is 107 cm³/mol. The van der Waals surface area contributed by atoms with E-state index in [1.807, 2.05) is 0 Å². The van der Waals surface area contributed by atoms with Crippen LogP contribution in [0.25, 0.3) is 0 Å². The summed E-state index contributed by atoms with van der Waals surface area (Å²) in [6, 6.07) is 21.3. The molecule has 2 aromatic carbocycles. The first-order valence-corrected chi connectivity index (χ1v) is 9.08. The zero-order valence-corrected chi connectivity index (χ0v) is 14.4. The SMILES string of the molecule is C1=CCCC(C2=CC=C(N(c3ccccc3)c3ccccc3)CC2)=C1. The van der Waals surface area contributed by atoms with Crippen LogP contribution in [0.15, 0.2) is 108 Å². The van der Waals surface area contributed by atoms with Crippen LogP contribution in [0.2, 0.25) is 0 Å². The zero-order valence-electron chi connectivity index (χ0n) is 14.4. The molecule has 0 fully saturated rings. The van der Waals surface area contributed by atoms with Crippen molar-refractivity contribution in [3.05, 3.63) is 108 Å². The largest absolute Gasteiger partial charge is 0.314 e. The molecule has 0 unspecified atom stereocenters. The van der Waals surface area contributed by atoms with Crippen LogP contribution in [0.5, 0.6) is 0 Å². The molecule has 2 aliphatic rings. The van der Waals surface area contributed by atoms with Crippen LogP contribution in [0.4, 0.5) is 11.4 Å². The highest BCUT2D eigenvalue weighted by Gasteiger charge is 2.18. The van der Waals surface area contributed by atoms with Crippen LogP contribution in [-0.2, 0) is 0 Å². The highest BCUT2D eigenvalue weighted by Crippen LogP contribution is 2.36. The molecule has 124 valence electrons. The first-order chi connectivity index (χ1) is 12.4. The van der Waals surface area contributed by atoms with Crippen LogP contribution in [0.1, 0.15) is 25.7 Å². The van der Waals surface area contributed by atoms with E-state index in [9.17, 15) is 0 Å². The number of anilines is 2. The molecule has 1 heteroatoms. The van der Waals surface area contributed by atoms with E-state index >= 15 is 0 Å². The molecule has 0 amide bonds. The summed E-state index contributed by atoms with van der Waals surface area (Å²) < 4.78 is 0. The van der Waals surface area contributed by atoms with Crippen molar-refractivity contribution >= 4 is 11.4 Å². The van der Waals surface area contributed by atoms with Crippen molar-refractivity contribution in [3.63, 3.8) is 0 Å². The van der Waals surface area contributed by atoms with E-state index in [0.717, 1.165) is 12.8 Å². The molecular formula is C24H23N. The Bertz CT molecular complexity index is 799. The van der Waals surface area contributed by atoms with Gasteiger partial charge in [0.1, 0.15) is 0 Å². The zero-order chi connectivity index (χ0) is 16.9. The average molecular weight is 325 g/mol. The van der Waals surface area contributed by atoms with Gasteiger partial charge >= 0.3 is 0 Å². The van der Waals surface area contributed by atoms with Crippen LogP contribution in [0.3, 0.4) is 0 Å².